The fourth-order valence-electron chi connectivity index (χ4n) is 0.131. The summed E-state index contributed by atoms with van der Waals surface area (Å²) in [4.78, 5) is 0. The molecule has 0 unspecified atom stereocenters. The van der Waals surface area contributed by atoms with Crippen LogP contribution in [0.3, 0.4) is 0 Å². The largest absolute Gasteiger partial charge is 0.435 e. The molecule has 1 nitrogen and oxygen atoms in total. The SMILES string of the molecule is FC(F)(F)C(Cl)(Cl)Cl.OC(F)(F)C(F)(F)C(F)F. The molecule has 1 N–H and O–H groups in total. The maximum Gasteiger partial charge on any atom is 0.435 e. The van der Waals surface area contributed by atoms with Crippen LogP contribution in [0.5, 0.6) is 0 Å². The molecule has 0 saturated heterocycles. The van der Waals surface area contributed by atoms with Crippen molar-refractivity contribution < 1.29 is 44.6 Å². The molecule has 0 aromatic heterocycles. The smallest absolute Gasteiger partial charge is 0.331 e. The Morgan fingerprint density at radius 3 is 1.00 bits per heavy atom. The number of halogens is 12. The summed E-state index contributed by atoms with van der Waals surface area (Å²) in [5.41, 5.74) is 0. The van der Waals surface area contributed by atoms with Gasteiger partial charge in [0.2, 0.25) is 0 Å². The standard InChI is InChI=1S/C3H2F6O.C2Cl3F3/c4-1(5)2(6,7)3(8,9)10;3-1(4,5)2(6,7)8/h1,10H;. The van der Waals surface area contributed by atoms with Crippen LogP contribution >= 0.6 is 34.8 Å². The summed E-state index contributed by atoms with van der Waals surface area (Å²) in [6, 6.07) is 0. The van der Waals surface area contributed by atoms with Gasteiger partial charge >= 0.3 is 24.6 Å². The van der Waals surface area contributed by atoms with Crippen molar-refractivity contribution in [3.63, 3.8) is 0 Å². The molecule has 13 heteroatoms. The topological polar surface area (TPSA) is 20.2 Å². The summed E-state index contributed by atoms with van der Waals surface area (Å²) < 4.78 is 97.0. The van der Waals surface area contributed by atoms with Gasteiger partial charge in [-0.15, -0.1) is 0 Å². The summed E-state index contributed by atoms with van der Waals surface area (Å²) in [5, 5.41) is 7.15. The van der Waals surface area contributed by atoms with E-state index >= 15 is 0 Å². The highest BCUT2D eigenvalue weighted by atomic mass is 35.6. The number of alkyl halides is 12. The predicted octanol–water partition coefficient (Wildman–Crippen LogP) is 4.39. The third-order valence-electron chi connectivity index (χ3n) is 0.997. The minimum Gasteiger partial charge on any atom is -0.331 e. The minimum atomic E-state index is -5.67. The van der Waals surface area contributed by atoms with Crippen molar-refractivity contribution in [2.75, 3.05) is 0 Å². The highest BCUT2D eigenvalue weighted by Gasteiger charge is 2.62. The van der Waals surface area contributed by atoms with Crippen molar-refractivity contribution in [1.82, 2.24) is 0 Å². The van der Waals surface area contributed by atoms with E-state index in [0.717, 1.165) is 0 Å². The molecule has 0 atom stereocenters. The lowest BCUT2D eigenvalue weighted by molar-refractivity contribution is -0.356. The summed E-state index contributed by atoms with van der Waals surface area (Å²) in [6.45, 7) is 0. The van der Waals surface area contributed by atoms with Crippen LogP contribution in [0.4, 0.5) is 39.5 Å². The van der Waals surface area contributed by atoms with E-state index in [2.05, 4.69) is 34.8 Å². The molecule has 0 saturated carbocycles. The Bertz CT molecular complexity index is 240. The zero-order chi connectivity index (χ0) is 15.6. The monoisotopic (exact) mass is 354 g/mol. The number of hydrogen-bond donors (Lipinski definition) is 1. The summed E-state index contributed by atoms with van der Waals surface area (Å²) >= 11 is 13.2. The number of aliphatic hydroxyl groups is 1. The first-order valence-electron chi connectivity index (χ1n) is 3.34. The van der Waals surface area contributed by atoms with Gasteiger partial charge in [0, 0.05) is 0 Å². The van der Waals surface area contributed by atoms with E-state index in [1.807, 2.05) is 0 Å². The second kappa shape index (κ2) is 6.10. The van der Waals surface area contributed by atoms with Gasteiger partial charge in [-0.05, 0) is 0 Å². The van der Waals surface area contributed by atoms with Crippen LogP contribution < -0.4 is 0 Å². The Balaban J connectivity index is 0. The van der Waals surface area contributed by atoms with E-state index in [0.29, 0.717) is 0 Å². The predicted molar refractivity (Wildman–Crippen MR) is 44.5 cm³/mol. The molecule has 0 spiro atoms. The molecule has 0 aliphatic carbocycles. The van der Waals surface area contributed by atoms with Gasteiger partial charge < -0.3 is 5.11 Å². The molecular weight excluding hydrogens is 353 g/mol. The van der Waals surface area contributed by atoms with Crippen molar-refractivity contribution in [1.29, 1.82) is 0 Å². The van der Waals surface area contributed by atoms with Gasteiger partial charge in [-0.3, -0.25) is 0 Å². The third-order valence-corrected chi connectivity index (χ3v) is 1.64. The van der Waals surface area contributed by atoms with E-state index in [-0.39, 0.29) is 0 Å². The Morgan fingerprint density at radius 2 is 1.00 bits per heavy atom. The van der Waals surface area contributed by atoms with E-state index in [4.69, 9.17) is 5.11 Å². The van der Waals surface area contributed by atoms with E-state index in [9.17, 15) is 39.5 Å². The van der Waals surface area contributed by atoms with Crippen LogP contribution in [-0.4, -0.2) is 33.5 Å². The van der Waals surface area contributed by atoms with Gasteiger partial charge in [-0.25, -0.2) is 8.78 Å². The fourth-order valence-corrected chi connectivity index (χ4v) is 0.131. The van der Waals surface area contributed by atoms with Gasteiger partial charge in [0.05, 0.1) is 0 Å². The van der Waals surface area contributed by atoms with Crippen LogP contribution in [0.15, 0.2) is 0 Å². The molecule has 0 rings (SSSR count). The third kappa shape index (κ3) is 6.39. The molecule has 0 aliphatic rings. The van der Waals surface area contributed by atoms with Crippen molar-refractivity contribution in [2.45, 2.75) is 28.4 Å². The van der Waals surface area contributed by atoms with Crippen molar-refractivity contribution in [3.05, 3.63) is 0 Å². The molecule has 0 bridgehead atoms. The minimum absolute atomic E-state index is 3.15. The van der Waals surface area contributed by atoms with Crippen LogP contribution in [0.1, 0.15) is 0 Å². The normalized spacial score (nSPS) is 14.3. The molecule has 0 aromatic rings. The van der Waals surface area contributed by atoms with E-state index in [1.54, 1.807) is 0 Å². The van der Waals surface area contributed by atoms with Gasteiger partial charge in [0.25, 0.3) is 3.79 Å². The van der Waals surface area contributed by atoms with Gasteiger partial charge in [-0.1, -0.05) is 34.8 Å². The van der Waals surface area contributed by atoms with Crippen LogP contribution in [0.2, 0.25) is 0 Å². The summed E-state index contributed by atoms with van der Waals surface area (Å²) in [6.07, 6.45) is -15.0. The molecular formula is C5H2Cl3F9O. The quantitative estimate of drug-likeness (QED) is 0.575. The maximum atomic E-state index is 11.3. The molecule has 112 valence electrons. The average molecular weight is 355 g/mol. The van der Waals surface area contributed by atoms with Gasteiger partial charge in [-0.2, -0.15) is 30.7 Å². The zero-order valence-corrected chi connectivity index (χ0v) is 9.83. The molecule has 18 heavy (non-hydrogen) atoms. The van der Waals surface area contributed by atoms with Crippen molar-refractivity contribution in [2.24, 2.45) is 0 Å². The first kappa shape index (κ1) is 20.5. The number of rotatable bonds is 2. The number of hydrogen-bond acceptors (Lipinski definition) is 1. The van der Waals surface area contributed by atoms with Gasteiger partial charge in [0.1, 0.15) is 0 Å². The first-order valence-corrected chi connectivity index (χ1v) is 4.47. The lowest BCUT2D eigenvalue weighted by Gasteiger charge is -2.19. The molecule has 0 radical (unpaired) electrons. The first-order chi connectivity index (χ1) is 7.44. The van der Waals surface area contributed by atoms with Crippen molar-refractivity contribution >= 4 is 34.8 Å². The molecule has 0 aliphatic heterocycles. The van der Waals surface area contributed by atoms with Crippen LogP contribution in [0, 0.1) is 0 Å². The Labute approximate surface area is 108 Å². The molecule has 0 aromatic carbocycles. The lowest BCUT2D eigenvalue weighted by Crippen LogP contribution is -2.46. The fraction of sp³-hybridized carbons (Fsp3) is 1.00. The second-order valence-corrected chi connectivity index (χ2v) is 4.74. The Kier molecular flexibility index (Phi) is 6.95. The van der Waals surface area contributed by atoms with E-state index < -0.39 is 28.4 Å². The van der Waals surface area contributed by atoms with Crippen LogP contribution in [0.25, 0.3) is 0 Å². The summed E-state index contributed by atoms with van der Waals surface area (Å²) in [5.74, 6) is -5.67. The molecule has 0 fully saturated rings. The van der Waals surface area contributed by atoms with Gasteiger partial charge in [0.15, 0.2) is 0 Å². The Morgan fingerprint density at radius 1 is 0.778 bits per heavy atom. The lowest BCUT2D eigenvalue weighted by atomic mass is 10.3. The highest BCUT2D eigenvalue weighted by Crippen LogP contribution is 2.42. The van der Waals surface area contributed by atoms with Crippen LogP contribution in [-0.2, 0) is 0 Å². The molecule has 0 amide bonds. The maximum absolute atomic E-state index is 11.3. The second-order valence-electron chi connectivity index (χ2n) is 2.46. The average Bonchev–Trinajstić information content (AvgIpc) is 1.98. The molecule has 0 heterocycles. The zero-order valence-electron chi connectivity index (χ0n) is 7.56. The van der Waals surface area contributed by atoms with E-state index in [1.165, 1.54) is 0 Å². The summed E-state index contributed by atoms with van der Waals surface area (Å²) in [7, 11) is 0. The van der Waals surface area contributed by atoms with Crippen molar-refractivity contribution in [3.8, 4) is 0 Å². The highest BCUT2D eigenvalue weighted by molar-refractivity contribution is 6.68. The Hall–Kier alpha value is 0.200.